The van der Waals surface area contributed by atoms with Crippen molar-refractivity contribution in [1.29, 1.82) is 0 Å². The van der Waals surface area contributed by atoms with E-state index in [-0.39, 0.29) is 11.5 Å². The number of hydrogen-bond acceptors (Lipinski definition) is 1. The third kappa shape index (κ3) is 1.66. The van der Waals surface area contributed by atoms with Gasteiger partial charge in [-0.05, 0) is 24.6 Å². The molecule has 0 bridgehead atoms. The predicted molar refractivity (Wildman–Crippen MR) is 54.6 cm³/mol. The van der Waals surface area contributed by atoms with Crippen molar-refractivity contribution in [2.75, 3.05) is 13.1 Å². The van der Waals surface area contributed by atoms with Crippen LogP contribution >= 0.6 is 15.9 Å². The highest BCUT2D eigenvalue weighted by Crippen LogP contribution is 2.19. The smallest absolute Gasteiger partial charge is 0.256 e. The first-order chi connectivity index (χ1) is 6.68. The van der Waals surface area contributed by atoms with Gasteiger partial charge in [0, 0.05) is 17.6 Å². The Balaban J connectivity index is 2.29. The fourth-order valence-corrected chi connectivity index (χ4v) is 1.71. The molecular formula is C10H9BrFNO. The molecule has 1 fully saturated rings. The highest BCUT2D eigenvalue weighted by Gasteiger charge is 2.23. The largest absolute Gasteiger partial charge is 0.338 e. The maximum atomic E-state index is 13.3. The number of amides is 1. The van der Waals surface area contributed by atoms with Crippen LogP contribution in [0.5, 0.6) is 0 Å². The summed E-state index contributed by atoms with van der Waals surface area (Å²) >= 11 is 3.22. The van der Waals surface area contributed by atoms with E-state index in [2.05, 4.69) is 15.9 Å². The van der Waals surface area contributed by atoms with Crippen LogP contribution in [0.25, 0.3) is 0 Å². The summed E-state index contributed by atoms with van der Waals surface area (Å²) < 4.78 is 14.0. The summed E-state index contributed by atoms with van der Waals surface area (Å²) in [5.74, 6) is -0.667. The van der Waals surface area contributed by atoms with Gasteiger partial charge in [0.1, 0.15) is 5.82 Å². The van der Waals surface area contributed by atoms with Gasteiger partial charge in [-0.15, -0.1) is 0 Å². The molecule has 0 N–H and O–H groups in total. The monoisotopic (exact) mass is 257 g/mol. The van der Waals surface area contributed by atoms with E-state index in [0.717, 1.165) is 24.0 Å². The Morgan fingerprint density at radius 3 is 2.71 bits per heavy atom. The zero-order chi connectivity index (χ0) is 10.1. The number of carbonyl (C=O) groups excluding carboxylic acids is 1. The normalized spacial score (nSPS) is 15.1. The minimum absolute atomic E-state index is 0.152. The zero-order valence-electron chi connectivity index (χ0n) is 7.46. The number of benzene rings is 1. The van der Waals surface area contributed by atoms with Crippen molar-refractivity contribution in [2.45, 2.75) is 6.42 Å². The number of hydrogen-bond donors (Lipinski definition) is 0. The Hall–Kier alpha value is -0.900. The zero-order valence-corrected chi connectivity index (χ0v) is 9.05. The summed E-state index contributed by atoms with van der Waals surface area (Å²) in [7, 11) is 0. The fourth-order valence-electron chi connectivity index (χ4n) is 1.35. The molecule has 0 atom stereocenters. The lowest BCUT2D eigenvalue weighted by Crippen LogP contribution is -2.42. The summed E-state index contributed by atoms with van der Waals surface area (Å²) in [4.78, 5) is 13.3. The molecule has 4 heteroatoms. The molecule has 1 saturated heterocycles. The van der Waals surface area contributed by atoms with Crippen LogP contribution in [0.4, 0.5) is 4.39 Å². The van der Waals surface area contributed by atoms with Crippen LogP contribution < -0.4 is 0 Å². The minimum Gasteiger partial charge on any atom is -0.338 e. The van der Waals surface area contributed by atoms with Gasteiger partial charge in [0.2, 0.25) is 0 Å². The molecule has 0 saturated carbocycles. The van der Waals surface area contributed by atoms with Crippen LogP contribution in [-0.4, -0.2) is 23.9 Å². The summed E-state index contributed by atoms with van der Waals surface area (Å²) in [5.41, 5.74) is 0.152. The second-order valence-corrected chi connectivity index (χ2v) is 4.19. The molecule has 1 amide bonds. The molecule has 1 aromatic carbocycles. The summed E-state index contributed by atoms with van der Waals surface area (Å²) in [6.07, 6.45) is 1.02. The summed E-state index contributed by atoms with van der Waals surface area (Å²) in [6, 6.07) is 4.41. The third-order valence-electron chi connectivity index (χ3n) is 2.30. The van der Waals surface area contributed by atoms with Gasteiger partial charge in [0.15, 0.2) is 0 Å². The van der Waals surface area contributed by atoms with E-state index < -0.39 is 5.82 Å². The maximum Gasteiger partial charge on any atom is 0.256 e. The van der Waals surface area contributed by atoms with Crippen LogP contribution in [0.2, 0.25) is 0 Å². The summed E-state index contributed by atoms with van der Waals surface area (Å²) in [5, 5.41) is 0. The first kappa shape index (κ1) is 9.65. The number of rotatable bonds is 1. The molecule has 1 aliphatic rings. The third-order valence-corrected chi connectivity index (χ3v) is 2.80. The van der Waals surface area contributed by atoms with Crippen molar-refractivity contribution in [2.24, 2.45) is 0 Å². The molecule has 2 rings (SSSR count). The van der Waals surface area contributed by atoms with E-state index in [1.807, 2.05) is 0 Å². The van der Waals surface area contributed by atoms with Crippen LogP contribution in [0.1, 0.15) is 16.8 Å². The number of likely N-dealkylation sites (tertiary alicyclic amines) is 1. The van der Waals surface area contributed by atoms with E-state index >= 15 is 0 Å². The van der Waals surface area contributed by atoms with Gasteiger partial charge in [-0.3, -0.25) is 4.79 Å². The fraction of sp³-hybridized carbons (Fsp3) is 0.300. The van der Waals surface area contributed by atoms with Crippen LogP contribution in [-0.2, 0) is 0 Å². The average molecular weight is 258 g/mol. The van der Waals surface area contributed by atoms with Crippen molar-refractivity contribution in [3.63, 3.8) is 0 Å². The van der Waals surface area contributed by atoms with Gasteiger partial charge in [0.25, 0.3) is 5.91 Å². The van der Waals surface area contributed by atoms with Gasteiger partial charge in [0.05, 0.1) is 5.56 Å². The first-order valence-corrected chi connectivity index (χ1v) is 5.22. The quantitative estimate of drug-likeness (QED) is 0.757. The van der Waals surface area contributed by atoms with E-state index in [0.29, 0.717) is 0 Å². The summed E-state index contributed by atoms with van der Waals surface area (Å²) in [6.45, 7) is 1.48. The van der Waals surface area contributed by atoms with E-state index in [1.165, 1.54) is 12.1 Å². The Kier molecular flexibility index (Phi) is 2.54. The molecular weight excluding hydrogens is 249 g/mol. The second kappa shape index (κ2) is 3.69. The molecule has 1 aliphatic heterocycles. The van der Waals surface area contributed by atoms with Crippen molar-refractivity contribution in [3.05, 3.63) is 34.1 Å². The molecule has 1 heterocycles. The Morgan fingerprint density at radius 1 is 1.43 bits per heavy atom. The van der Waals surface area contributed by atoms with Crippen molar-refractivity contribution >= 4 is 21.8 Å². The molecule has 2 nitrogen and oxygen atoms in total. The molecule has 0 radical (unpaired) electrons. The van der Waals surface area contributed by atoms with Crippen molar-refractivity contribution in [1.82, 2.24) is 4.90 Å². The van der Waals surface area contributed by atoms with Gasteiger partial charge in [-0.25, -0.2) is 4.39 Å². The minimum atomic E-state index is -0.454. The highest BCUT2D eigenvalue weighted by molar-refractivity contribution is 9.10. The molecule has 1 aromatic rings. The maximum absolute atomic E-state index is 13.3. The van der Waals surface area contributed by atoms with Gasteiger partial charge < -0.3 is 4.90 Å². The van der Waals surface area contributed by atoms with E-state index in [9.17, 15) is 9.18 Å². The molecule has 0 aromatic heterocycles. The van der Waals surface area contributed by atoms with Gasteiger partial charge in [-0.2, -0.15) is 0 Å². The lowest BCUT2D eigenvalue weighted by atomic mass is 10.1. The topological polar surface area (TPSA) is 20.3 Å². The number of carbonyl (C=O) groups is 1. The van der Waals surface area contributed by atoms with E-state index in [1.54, 1.807) is 11.0 Å². The predicted octanol–water partition coefficient (Wildman–Crippen LogP) is 2.43. The lowest BCUT2D eigenvalue weighted by molar-refractivity contribution is 0.0647. The van der Waals surface area contributed by atoms with Crippen molar-refractivity contribution < 1.29 is 9.18 Å². The molecule has 0 aliphatic carbocycles. The van der Waals surface area contributed by atoms with Crippen LogP contribution in [0, 0.1) is 5.82 Å². The molecule has 0 spiro atoms. The Bertz CT molecular complexity index is 376. The number of nitrogens with zero attached hydrogens (tertiary/aromatic N) is 1. The second-order valence-electron chi connectivity index (χ2n) is 3.27. The Morgan fingerprint density at radius 2 is 2.14 bits per heavy atom. The first-order valence-electron chi connectivity index (χ1n) is 4.43. The van der Waals surface area contributed by atoms with Gasteiger partial charge >= 0.3 is 0 Å². The SMILES string of the molecule is O=C(c1cc(Br)ccc1F)N1CCC1. The molecule has 0 unspecified atom stereocenters. The average Bonchev–Trinajstić information content (AvgIpc) is 2.06. The van der Waals surface area contributed by atoms with E-state index in [4.69, 9.17) is 0 Å². The van der Waals surface area contributed by atoms with Gasteiger partial charge in [-0.1, -0.05) is 15.9 Å². The van der Waals surface area contributed by atoms with Crippen LogP contribution in [0.3, 0.4) is 0 Å². The Labute approximate surface area is 89.8 Å². The standard InChI is InChI=1S/C10H9BrFNO/c11-7-2-3-9(12)8(6-7)10(14)13-4-1-5-13/h2-3,6H,1,4-5H2. The number of halogens is 2. The highest BCUT2D eigenvalue weighted by atomic mass is 79.9. The van der Waals surface area contributed by atoms with Crippen LogP contribution in [0.15, 0.2) is 22.7 Å². The van der Waals surface area contributed by atoms with Crippen molar-refractivity contribution in [3.8, 4) is 0 Å². The molecule has 74 valence electrons. The molecule has 14 heavy (non-hydrogen) atoms. The lowest BCUT2D eigenvalue weighted by Gasteiger charge is -2.31.